The van der Waals surface area contributed by atoms with E-state index in [-0.39, 0.29) is 6.01 Å². The van der Waals surface area contributed by atoms with Crippen molar-refractivity contribution in [1.29, 1.82) is 0 Å². The average Bonchev–Trinajstić information content (AvgIpc) is 2.89. The zero-order valence-corrected chi connectivity index (χ0v) is 10.1. The van der Waals surface area contributed by atoms with Gasteiger partial charge in [-0.2, -0.15) is 15.0 Å². The van der Waals surface area contributed by atoms with Crippen LogP contribution in [0.5, 0.6) is 6.01 Å². The Kier molecular flexibility index (Phi) is 4.06. The summed E-state index contributed by atoms with van der Waals surface area (Å²) in [7, 11) is 1.65. The van der Waals surface area contributed by atoms with Crippen LogP contribution in [-0.2, 0) is 0 Å². The number of halogens is 2. The van der Waals surface area contributed by atoms with Crippen LogP contribution < -0.4 is 15.0 Å². The molecule has 0 radical (unpaired) electrons. The molecule has 1 aromatic heterocycles. The Bertz CT molecular complexity index is 398. The highest BCUT2D eigenvalue weighted by molar-refractivity contribution is 5.38. The molecule has 1 aliphatic rings. The van der Waals surface area contributed by atoms with Crippen molar-refractivity contribution in [2.75, 3.05) is 37.0 Å². The molecule has 0 aliphatic carbocycles. The highest BCUT2D eigenvalue weighted by Gasteiger charge is 2.18. The molecular formula is C10H15F2N5O. The van der Waals surface area contributed by atoms with E-state index in [0.29, 0.717) is 11.9 Å². The first-order valence-corrected chi connectivity index (χ1v) is 5.79. The van der Waals surface area contributed by atoms with E-state index in [4.69, 9.17) is 4.74 Å². The van der Waals surface area contributed by atoms with Gasteiger partial charge in [0, 0.05) is 20.1 Å². The predicted molar refractivity (Wildman–Crippen MR) is 62.3 cm³/mol. The van der Waals surface area contributed by atoms with Crippen LogP contribution in [0.2, 0.25) is 0 Å². The molecule has 0 saturated carbocycles. The summed E-state index contributed by atoms with van der Waals surface area (Å²) >= 11 is 0. The number of anilines is 2. The van der Waals surface area contributed by atoms with Crippen LogP contribution in [0.3, 0.4) is 0 Å². The van der Waals surface area contributed by atoms with Crippen molar-refractivity contribution in [3.05, 3.63) is 0 Å². The second-order valence-corrected chi connectivity index (χ2v) is 3.89. The van der Waals surface area contributed by atoms with E-state index in [2.05, 4.69) is 20.3 Å². The van der Waals surface area contributed by atoms with Crippen molar-refractivity contribution in [2.45, 2.75) is 19.3 Å². The minimum atomic E-state index is -2.55. The minimum absolute atomic E-state index is 0.0726. The van der Waals surface area contributed by atoms with E-state index < -0.39 is 13.0 Å². The molecule has 0 bridgehead atoms. The highest BCUT2D eigenvalue weighted by atomic mass is 19.3. The molecule has 0 aromatic carbocycles. The molecule has 1 N–H and O–H groups in total. The Morgan fingerprint density at radius 3 is 2.61 bits per heavy atom. The van der Waals surface area contributed by atoms with Crippen LogP contribution in [0.4, 0.5) is 20.7 Å². The fourth-order valence-electron chi connectivity index (χ4n) is 1.72. The van der Waals surface area contributed by atoms with Crippen molar-refractivity contribution in [2.24, 2.45) is 0 Å². The topological polar surface area (TPSA) is 63.2 Å². The number of alkyl halides is 2. The maximum absolute atomic E-state index is 12.1. The standard InChI is InChI=1S/C10H15F2N5O/c1-13-8-14-9(17-4-2-3-5-17)16-10(15-8)18-6-7(11)12/h7H,2-6H2,1H3,(H,13,14,15,16). The molecule has 0 spiro atoms. The lowest BCUT2D eigenvalue weighted by molar-refractivity contribution is 0.0770. The van der Waals surface area contributed by atoms with Gasteiger partial charge >= 0.3 is 6.01 Å². The third-order valence-corrected chi connectivity index (χ3v) is 2.55. The smallest absolute Gasteiger partial charge is 0.323 e. The number of aromatic nitrogens is 3. The van der Waals surface area contributed by atoms with Crippen LogP contribution in [0, 0.1) is 0 Å². The van der Waals surface area contributed by atoms with Gasteiger partial charge in [-0.3, -0.25) is 0 Å². The van der Waals surface area contributed by atoms with E-state index in [0.717, 1.165) is 25.9 Å². The molecule has 0 unspecified atom stereocenters. The molecule has 1 aromatic rings. The van der Waals surface area contributed by atoms with Gasteiger partial charge in [-0.25, -0.2) is 8.78 Å². The van der Waals surface area contributed by atoms with Gasteiger partial charge in [0.15, 0.2) is 6.61 Å². The van der Waals surface area contributed by atoms with Gasteiger partial charge in [0.25, 0.3) is 6.43 Å². The van der Waals surface area contributed by atoms with Crippen molar-refractivity contribution in [3.63, 3.8) is 0 Å². The second kappa shape index (κ2) is 5.74. The number of ether oxygens (including phenoxy) is 1. The molecule has 0 atom stereocenters. The maximum atomic E-state index is 12.1. The van der Waals surface area contributed by atoms with E-state index in [9.17, 15) is 8.78 Å². The van der Waals surface area contributed by atoms with Gasteiger partial charge in [-0.15, -0.1) is 0 Å². The number of nitrogens with zero attached hydrogens (tertiary/aromatic N) is 4. The fraction of sp³-hybridized carbons (Fsp3) is 0.700. The fourth-order valence-corrected chi connectivity index (χ4v) is 1.72. The Morgan fingerprint density at radius 1 is 1.28 bits per heavy atom. The van der Waals surface area contributed by atoms with Gasteiger partial charge in [0.1, 0.15) is 0 Å². The van der Waals surface area contributed by atoms with E-state index in [1.165, 1.54) is 0 Å². The van der Waals surface area contributed by atoms with Crippen molar-refractivity contribution < 1.29 is 13.5 Å². The average molecular weight is 259 g/mol. The van der Waals surface area contributed by atoms with Gasteiger partial charge < -0.3 is 15.0 Å². The lowest BCUT2D eigenvalue weighted by Crippen LogP contribution is -2.22. The normalized spacial score (nSPS) is 15.2. The highest BCUT2D eigenvalue weighted by Crippen LogP contribution is 2.19. The summed E-state index contributed by atoms with van der Waals surface area (Å²) in [5, 5.41) is 2.76. The van der Waals surface area contributed by atoms with Crippen molar-refractivity contribution in [3.8, 4) is 6.01 Å². The van der Waals surface area contributed by atoms with Gasteiger partial charge in [-0.1, -0.05) is 0 Å². The first-order chi connectivity index (χ1) is 8.69. The maximum Gasteiger partial charge on any atom is 0.323 e. The number of hydrogen-bond acceptors (Lipinski definition) is 6. The van der Waals surface area contributed by atoms with Crippen LogP contribution in [0.15, 0.2) is 0 Å². The largest absolute Gasteiger partial charge is 0.457 e. The zero-order valence-electron chi connectivity index (χ0n) is 10.1. The summed E-state index contributed by atoms with van der Waals surface area (Å²) in [4.78, 5) is 14.1. The summed E-state index contributed by atoms with van der Waals surface area (Å²) in [5.41, 5.74) is 0. The molecule has 100 valence electrons. The van der Waals surface area contributed by atoms with E-state index in [1.807, 2.05) is 4.90 Å². The van der Waals surface area contributed by atoms with E-state index in [1.54, 1.807) is 7.05 Å². The van der Waals surface area contributed by atoms with Crippen LogP contribution in [0.25, 0.3) is 0 Å². The molecule has 1 aliphatic heterocycles. The molecule has 8 heteroatoms. The molecule has 2 rings (SSSR count). The second-order valence-electron chi connectivity index (χ2n) is 3.89. The Morgan fingerprint density at radius 2 is 2.00 bits per heavy atom. The Hall–Kier alpha value is -1.73. The molecule has 2 heterocycles. The molecular weight excluding hydrogens is 244 g/mol. The SMILES string of the molecule is CNc1nc(OCC(F)F)nc(N2CCCC2)n1. The zero-order chi connectivity index (χ0) is 13.0. The third-order valence-electron chi connectivity index (χ3n) is 2.55. The molecule has 1 saturated heterocycles. The minimum Gasteiger partial charge on any atom is -0.457 e. The van der Waals surface area contributed by atoms with Crippen LogP contribution in [-0.4, -0.2) is 48.1 Å². The molecule has 18 heavy (non-hydrogen) atoms. The first-order valence-electron chi connectivity index (χ1n) is 5.79. The Balaban J connectivity index is 2.15. The Labute approximate surface area is 103 Å². The summed E-state index contributed by atoms with van der Waals surface area (Å²) in [6.45, 7) is 1.01. The van der Waals surface area contributed by atoms with Crippen LogP contribution in [0.1, 0.15) is 12.8 Å². The number of hydrogen-bond donors (Lipinski definition) is 1. The summed E-state index contributed by atoms with van der Waals surface area (Å²) in [6, 6.07) is -0.0726. The van der Waals surface area contributed by atoms with E-state index >= 15 is 0 Å². The summed E-state index contributed by atoms with van der Waals surface area (Å²) in [5.74, 6) is 0.785. The summed E-state index contributed by atoms with van der Waals surface area (Å²) < 4.78 is 29.0. The first kappa shape index (κ1) is 12.7. The number of rotatable bonds is 5. The third kappa shape index (κ3) is 3.14. The van der Waals surface area contributed by atoms with Crippen molar-refractivity contribution in [1.82, 2.24) is 15.0 Å². The molecule has 0 amide bonds. The monoisotopic (exact) mass is 259 g/mol. The van der Waals surface area contributed by atoms with Gasteiger partial charge in [0.05, 0.1) is 0 Å². The molecule has 1 fully saturated rings. The lowest BCUT2D eigenvalue weighted by atomic mass is 10.4. The van der Waals surface area contributed by atoms with Gasteiger partial charge in [-0.05, 0) is 12.8 Å². The molecule has 6 nitrogen and oxygen atoms in total. The predicted octanol–water partition coefficient (Wildman–Crippen LogP) is 1.16. The van der Waals surface area contributed by atoms with Crippen molar-refractivity contribution >= 4 is 11.9 Å². The van der Waals surface area contributed by atoms with Crippen LogP contribution >= 0.6 is 0 Å². The number of nitrogens with one attached hydrogen (secondary N) is 1. The van der Waals surface area contributed by atoms with Gasteiger partial charge in [0.2, 0.25) is 11.9 Å². The summed E-state index contributed by atoms with van der Waals surface area (Å²) in [6.07, 6.45) is -0.392. The lowest BCUT2D eigenvalue weighted by Gasteiger charge is -2.16. The quantitative estimate of drug-likeness (QED) is 0.856.